The summed E-state index contributed by atoms with van der Waals surface area (Å²) < 4.78 is 0. The first-order valence-corrected chi connectivity index (χ1v) is 10.8. The van der Waals surface area contributed by atoms with Gasteiger partial charge in [-0.05, 0) is 44.7 Å². The van der Waals surface area contributed by atoms with E-state index in [0.717, 1.165) is 79.7 Å². The van der Waals surface area contributed by atoms with E-state index in [4.69, 9.17) is 16.6 Å². The Morgan fingerprint density at radius 2 is 1.80 bits per heavy atom. The summed E-state index contributed by atoms with van der Waals surface area (Å²) >= 11 is 6.07. The zero-order chi connectivity index (χ0) is 20.9. The molecule has 30 heavy (non-hydrogen) atoms. The highest BCUT2D eigenvalue weighted by Gasteiger charge is 2.17. The summed E-state index contributed by atoms with van der Waals surface area (Å²) in [7, 11) is 2.15. The number of likely N-dealkylation sites (N-methyl/N-ethyl adjacent to an activating group) is 1. The molecular weight excluding hydrogens is 398 g/mol. The molecule has 0 radical (unpaired) electrons. The number of hydrogen-bond donors (Lipinski definition) is 2. The van der Waals surface area contributed by atoms with Gasteiger partial charge < -0.3 is 20.4 Å². The second-order valence-corrected chi connectivity index (χ2v) is 8.15. The Hall–Kier alpha value is -2.64. The lowest BCUT2D eigenvalue weighted by molar-refractivity contribution is 0.311. The molecule has 0 spiro atoms. The van der Waals surface area contributed by atoms with Crippen molar-refractivity contribution in [2.45, 2.75) is 13.3 Å². The average Bonchev–Trinajstić information content (AvgIpc) is 2.73. The largest absolute Gasteiger partial charge is 0.384 e. The van der Waals surface area contributed by atoms with Gasteiger partial charge in [-0.1, -0.05) is 11.6 Å². The molecule has 158 valence electrons. The molecule has 1 aliphatic heterocycles. The lowest BCUT2D eigenvalue weighted by Gasteiger charge is -2.32. The number of rotatable bonds is 7. The lowest BCUT2D eigenvalue weighted by Crippen LogP contribution is -2.45. The SMILES string of the molecule is Cc1cc(NCCCNc2ccnc3cc(Cl)ccc23)nc(N2CCN(C)CC2)n1. The molecule has 4 rings (SSSR count). The Balaban J connectivity index is 1.30. The number of benzene rings is 1. The van der Waals surface area contributed by atoms with E-state index in [2.05, 4.69) is 37.4 Å². The highest BCUT2D eigenvalue weighted by Crippen LogP contribution is 2.24. The van der Waals surface area contributed by atoms with Crippen LogP contribution in [0.2, 0.25) is 5.02 Å². The van der Waals surface area contributed by atoms with Crippen LogP contribution in [-0.2, 0) is 0 Å². The Morgan fingerprint density at radius 1 is 1.00 bits per heavy atom. The van der Waals surface area contributed by atoms with Crippen LogP contribution in [0.15, 0.2) is 36.5 Å². The third-order valence-corrected chi connectivity index (χ3v) is 5.54. The fourth-order valence-corrected chi connectivity index (χ4v) is 3.76. The molecule has 0 atom stereocenters. The number of nitrogens with zero attached hydrogens (tertiary/aromatic N) is 5. The minimum Gasteiger partial charge on any atom is -0.384 e. The van der Waals surface area contributed by atoms with Crippen LogP contribution in [0.5, 0.6) is 0 Å². The summed E-state index contributed by atoms with van der Waals surface area (Å²) in [5, 5.41) is 8.73. The lowest BCUT2D eigenvalue weighted by atomic mass is 10.2. The molecule has 3 aromatic rings. The van der Waals surface area contributed by atoms with Crippen molar-refractivity contribution < 1.29 is 0 Å². The second-order valence-electron chi connectivity index (χ2n) is 7.71. The first kappa shape index (κ1) is 20.6. The number of halogens is 1. The molecule has 0 saturated carbocycles. The quantitative estimate of drug-likeness (QED) is 0.560. The van der Waals surface area contributed by atoms with Gasteiger partial charge in [0, 0.05) is 73.3 Å². The molecule has 1 aliphatic rings. The van der Waals surface area contributed by atoms with Gasteiger partial charge in [-0.15, -0.1) is 0 Å². The second kappa shape index (κ2) is 9.45. The van der Waals surface area contributed by atoms with E-state index in [1.165, 1.54) is 0 Å². The number of pyridine rings is 1. The van der Waals surface area contributed by atoms with Crippen LogP contribution < -0.4 is 15.5 Å². The number of aryl methyl sites for hydroxylation is 1. The number of fused-ring (bicyclic) bond motifs is 1. The predicted octanol–water partition coefficient (Wildman–Crippen LogP) is 3.65. The van der Waals surface area contributed by atoms with E-state index in [-0.39, 0.29) is 0 Å². The molecule has 1 saturated heterocycles. The number of nitrogens with one attached hydrogen (secondary N) is 2. The molecule has 1 aromatic carbocycles. The highest BCUT2D eigenvalue weighted by atomic mass is 35.5. The third kappa shape index (κ3) is 5.09. The molecule has 0 bridgehead atoms. The van der Waals surface area contributed by atoms with Gasteiger partial charge in [0.25, 0.3) is 0 Å². The van der Waals surface area contributed by atoms with Gasteiger partial charge >= 0.3 is 0 Å². The van der Waals surface area contributed by atoms with Crippen LogP contribution in [0.25, 0.3) is 10.9 Å². The Labute approximate surface area is 182 Å². The fraction of sp³-hybridized carbons (Fsp3) is 0.409. The predicted molar refractivity (Wildman–Crippen MR) is 125 cm³/mol. The van der Waals surface area contributed by atoms with Crippen molar-refractivity contribution in [2.24, 2.45) is 0 Å². The summed E-state index contributed by atoms with van der Waals surface area (Å²) in [4.78, 5) is 18.3. The zero-order valence-electron chi connectivity index (χ0n) is 17.5. The summed E-state index contributed by atoms with van der Waals surface area (Å²) in [6.45, 7) is 7.73. The van der Waals surface area contributed by atoms with Crippen molar-refractivity contribution >= 4 is 40.0 Å². The molecule has 2 N–H and O–H groups in total. The van der Waals surface area contributed by atoms with Gasteiger partial charge in [-0.3, -0.25) is 4.98 Å². The van der Waals surface area contributed by atoms with E-state index in [0.29, 0.717) is 5.02 Å². The Bertz CT molecular complexity index is 1000. The summed E-state index contributed by atoms with van der Waals surface area (Å²) in [6.07, 6.45) is 2.77. The molecule has 3 heterocycles. The van der Waals surface area contributed by atoms with Crippen molar-refractivity contribution in [1.82, 2.24) is 19.9 Å². The molecule has 0 amide bonds. The van der Waals surface area contributed by atoms with Crippen molar-refractivity contribution in [3.63, 3.8) is 0 Å². The van der Waals surface area contributed by atoms with Crippen molar-refractivity contribution in [3.05, 3.63) is 47.2 Å². The fourth-order valence-electron chi connectivity index (χ4n) is 3.59. The van der Waals surface area contributed by atoms with Crippen LogP contribution in [0.3, 0.4) is 0 Å². The molecular formula is C22H28ClN7. The van der Waals surface area contributed by atoms with E-state index in [1.807, 2.05) is 43.5 Å². The molecule has 7 nitrogen and oxygen atoms in total. The minimum absolute atomic E-state index is 0.701. The summed E-state index contributed by atoms with van der Waals surface area (Å²) in [5.74, 6) is 1.71. The van der Waals surface area contributed by atoms with Gasteiger partial charge in [-0.25, -0.2) is 4.98 Å². The molecule has 0 aliphatic carbocycles. The number of piperazine rings is 1. The number of aromatic nitrogens is 3. The molecule has 8 heteroatoms. The summed E-state index contributed by atoms with van der Waals surface area (Å²) in [6, 6.07) is 9.80. The van der Waals surface area contributed by atoms with Crippen molar-refractivity contribution in [3.8, 4) is 0 Å². The van der Waals surface area contributed by atoms with Crippen LogP contribution in [0.4, 0.5) is 17.5 Å². The van der Waals surface area contributed by atoms with Crippen LogP contribution in [0, 0.1) is 6.92 Å². The topological polar surface area (TPSA) is 69.2 Å². The van der Waals surface area contributed by atoms with E-state index < -0.39 is 0 Å². The zero-order valence-corrected chi connectivity index (χ0v) is 18.3. The smallest absolute Gasteiger partial charge is 0.227 e. The molecule has 1 fully saturated rings. The van der Waals surface area contributed by atoms with E-state index in [9.17, 15) is 0 Å². The van der Waals surface area contributed by atoms with Crippen LogP contribution in [-0.4, -0.2) is 66.2 Å². The van der Waals surface area contributed by atoms with Crippen molar-refractivity contribution in [2.75, 3.05) is 61.8 Å². The van der Waals surface area contributed by atoms with Gasteiger partial charge in [0.05, 0.1) is 5.52 Å². The number of anilines is 3. The Kier molecular flexibility index (Phi) is 6.50. The highest BCUT2D eigenvalue weighted by molar-refractivity contribution is 6.31. The average molecular weight is 426 g/mol. The Morgan fingerprint density at radius 3 is 2.63 bits per heavy atom. The van der Waals surface area contributed by atoms with E-state index in [1.54, 1.807) is 0 Å². The van der Waals surface area contributed by atoms with Gasteiger partial charge in [0.15, 0.2) is 0 Å². The standard InChI is InChI=1S/C22H28ClN7/c1-16-14-21(28-22(27-16)30-12-10-29(2)11-13-30)26-8-3-7-24-19-6-9-25-20-15-17(23)4-5-18(19)20/h4-6,9,14-15H,3,7-8,10-13H2,1-2H3,(H,24,25)(H,26,27,28). The maximum Gasteiger partial charge on any atom is 0.227 e. The first-order chi connectivity index (χ1) is 14.6. The maximum atomic E-state index is 6.07. The normalized spacial score (nSPS) is 14.8. The van der Waals surface area contributed by atoms with E-state index >= 15 is 0 Å². The van der Waals surface area contributed by atoms with Crippen molar-refractivity contribution in [1.29, 1.82) is 0 Å². The van der Waals surface area contributed by atoms with Gasteiger partial charge in [-0.2, -0.15) is 4.98 Å². The van der Waals surface area contributed by atoms with Gasteiger partial charge in [0.2, 0.25) is 5.95 Å². The minimum atomic E-state index is 0.701. The third-order valence-electron chi connectivity index (χ3n) is 5.31. The first-order valence-electron chi connectivity index (χ1n) is 10.4. The molecule has 2 aromatic heterocycles. The molecule has 0 unspecified atom stereocenters. The maximum absolute atomic E-state index is 6.07. The van der Waals surface area contributed by atoms with Crippen LogP contribution in [0.1, 0.15) is 12.1 Å². The number of hydrogen-bond acceptors (Lipinski definition) is 7. The monoisotopic (exact) mass is 425 g/mol. The van der Waals surface area contributed by atoms with Crippen LogP contribution >= 0.6 is 11.6 Å². The summed E-state index contributed by atoms with van der Waals surface area (Å²) in [5.41, 5.74) is 2.96. The van der Waals surface area contributed by atoms with Gasteiger partial charge in [0.1, 0.15) is 5.82 Å².